The van der Waals surface area contributed by atoms with Gasteiger partial charge in [-0.05, 0) is 62.2 Å². The van der Waals surface area contributed by atoms with Crippen LogP contribution in [0.3, 0.4) is 0 Å². The highest BCUT2D eigenvalue weighted by Gasteiger charge is 2.38. The second-order valence-corrected chi connectivity index (χ2v) is 7.50. The summed E-state index contributed by atoms with van der Waals surface area (Å²) in [6.45, 7) is 6.31. The molecule has 1 aromatic carbocycles. The number of rotatable bonds is 3. The van der Waals surface area contributed by atoms with Crippen LogP contribution in [0.1, 0.15) is 25.3 Å². The minimum Gasteiger partial charge on any atom is -0.507 e. The lowest BCUT2D eigenvalue weighted by Crippen LogP contribution is -2.48. The number of phenolic OH excluding ortho intramolecular Hbond substituents is 1. The minimum atomic E-state index is -4.50. The number of aromatic nitrogens is 2. The molecule has 0 unspecified atom stereocenters. The molecule has 2 saturated heterocycles. The first kappa shape index (κ1) is 19.0. The molecule has 0 bridgehead atoms. The number of benzene rings is 1. The highest BCUT2D eigenvalue weighted by Crippen LogP contribution is 2.37. The number of piperidine rings is 1. The van der Waals surface area contributed by atoms with Crippen molar-refractivity contribution in [3.8, 4) is 17.0 Å². The number of hydrogen-bond donors (Lipinski definition) is 1. The summed E-state index contributed by atoms with van der Waals surface area (Å²) in [5, 5.41) is 18.5. The van der Waals surface area contributed by atoms with Crippen LogP contribution in [0.2, 0.25) is 0 Å². The van der Waals surface area contributed by atoms with Gasteiger partial charge in [0.2, 0.25) is 0 Å². The van der Waals surface area contributed by atoms with E-state index in [-0.39, 0.29) is 5.56 Å². The van der Waals surface area contributed by atoms with Gasteiger partial charge in [-0.2, -0.15) is 13.2 Å². The third-order valence-electron chi connectivity index (χ3n) is 5.94. The van der Waals surface area contributed by atoms with Gasteiger partial charge in [-0.25, -0.2) is 0 Å². The third-order valence-corrected chi connectivity index (χ3v) is 5.94. The van der Waals surface area contributed by atoms with Crippen LogP contribution in [-0.2, 0) is 6.18 Å². The zero-order chi connectivity index (χ0) is 19.9. The normalized spacial score (nSPS) is 23.1. The van der Waals surface area contributed by atoms with Gasteiger partial charge in [0.15, 0.2) is 5.82 Å². The summed E-state index contributed by atoms with van der Waals surface area (Å²) in [6.07, 6.45) is -2.16. The second kappa shape index (κ2) is 7.24. The Kier molecular flexibility index (Phi) is 4.91. The van der Waals surface area contributed by atoms with Crippen LogP contribution in [0.15, 0.2) is 30.3 Å². The zero-order valence-electron chi connectivity index (χ0n) is 15.7. The van der Waals surface area contributed by atoms with Crippen LogP contribution in [0.25, 0.3) is 11.3 Å². The van der Waals surface area contributed by atoms with Gasteiger partial charge in [0.05, 0.1) is 11.3 Å². The van der Waals surface area contributed by atoms with Crippen LogP contribution >= 0.6 is 0 Å². The molecular formula is C20H23F3N4O. The van der Waals surface area contributed by atoms with Crippen molar-refractivity contribution in [2.75, 3.05) is 31.1 Å². The van der Waals surface area contributed by atoms with E-state index in [0.717, 1.165) is 50.6 Å². The first-order chi connectivity index (χ1) is 13.4. The Labute approximate surface area is 161 Å². The number of nitrogens with zero attached hydrogens (tertiary/aromatic N) is 4. The number of anilines is 1. The lowest BCUT2D eigenvalue weighted by molar-refractivity contribution is -0.137. The van der Waals surface area contributed by atoms with E-state index in [4.69, 9.17) is 0 Å². The van der Waals surface area contributed by atoms with Crippen molar-refractivity contribution in [1.82, 2.24) is 15.1 Å². The Balaban J connectivity index is 1.55. The van der Waals surface area contributed by atoms with Gasteiger partial charge in [0.25, 0.3) is 0 Å². The van der Waals surface area contributed by atoms with E-state index in [0.29, 0.717) is 17.7 Å². The summed E-state index contributed by atoms with van der Waals surface area (Å²) in [7, 11) is 0. The monoisotopic (exact) mass is 392 g/mol. The molecule has 0 spiro atoms. The summed E-state index contributed by atoms with van der Waals surface area (Å²) >= 11 is 0. The molecule has 0 saturated carbocycles. The average molecular weight is 392 g/mol. The summed E-state index contributed by atoms with van der Waals surface area (Å²) in [4.78, 5) is 4.73. The lowest BCUT2D eigenvalue weighted by atomic mass is 9.92. The van der Waals surface area contributed by atoms with Crippen LogP contribution in [0.4, 0.5) is 19.0 Å². The minimum absolute atomic E-state index is 0.237. The summed E-state index contributed by atoms with van der Waals surface area (Å²) in [5.41, 5.74) is -0.301. The summed E-state index contributed by atoms with van der Waals surface area (Å²) < 4.78 is 38.3. The Bertz CT molecular complexity index is 840. The Morgan fingerprint density at radius 2 is 1.89 bits per heavy atom. The molecule has 4 rings (SSSR count). The van der Waals surface area contributed by atoms with Gasteiger partial charge in [-0.3, -0.25) is 0 Å². The summed E-state index contributed by atoms with van der Waals surface area (Å²) in [5.74, 6) is 0.993. The van der Waals surface area contributed by atoms with Crippen LogP contribution < -0.4 is 4.90 Å². The third kappa shape index (κ3) is 3.53. The lowest BCUT2D eigenvalue weighted by Gasteiger charge is -2.38. The fraction of sp³-hybridized carbons (Fsp3) is 0.500. The largest absolute Gasteiger partial charge is 0.507 e. The number of likely N-dealkylation sites (tertiary alicyclic amines) is 1. The number of alkyl halides is 3. The van der Waals surface area contributed by atoms with E-state index < -0.39 is 17.5 Å². The number of hydrogen-bond acceptors (Lipinski definition) is 5. The molecule has 0 radical (unpaired) electrons. The quantitative estimate of drug-likeness (QED) is 0.861. The van der Waals surface area contributed by atoms with E-state index in [2.05, 4.69) is 26.9 Å². The highest BCUT2D eigenvalue weighted by atomic mass is 19.4. The van der Waals surface area contributed by atoms with E-state index in [9.17, 15) is 18.3 Å². The molecule has 28 heavy (non-hydrogen) atoms. The van der Waals surface area contributed by atoms with Crippen LogP contribution in [0, 0.1) is 5.92 Å². The number of likely N-dealkylation sites (N-methyl/N-ethyl adjacent to an activating group) is 1. The topological polar surface area (TPSA) is 52.5 Å². The summed E-state index contributed by atoms with van der Waals surface area (Å²) in [6, 6.07) is 6.86. The first-order valence-corrected chi connectivity index (χ1v) is 9.60. The first-order valence-electron chi connectivity index (χ1n) is 9.60. The van der Waals surface area contributed by atoms with Gasteiger partial charge < -0.3 is 14.9 Å². The maximum atomic E-state index is 12.8. The van der Waals surface area contributed by atoms with Crippen molar-refractivity contribution in [3.63, 3.8) is 0 Å². The molecule has 0 aliphatic carbocycles. The van der Waals surface area contributed by atoms with Crippen molar-refractivity contribution in [2.45, 2.75) is 32.0 Å². The fourth-order valence-electron chi connectivity index (χ4n) is 4.32. The van der Waals surface area contributed by atoms with Crippen molar-refractivity contribution in [1.29, 1.82) is 0 Å². The number of aromatic hydroxyl groups is 1. The van der Waals surface area contributed by atoms with E-state index in [1.165, 1.54) is 12.5 Å². The molecule has 2 aromatic rings. The van der Waals surface area contributed by atoms with Crippen molar-refractivity contribution in [2.24, 2.45) is 5.92 Å². The smallest absolute Gasteiger partial charge is 0.416 e. The predicted molar refractivity (Wildman–Crippen MR) is 100 cm³/mol. The van der Waals surface area contributed by atoms with Crippen molar-refractivity contribution < 1.29 is 18.3 Å². The van der Waals surface area contributed by atoms with Crippen LogP contribution in [0.5, 0.6) is 5.75 Å². The number of phenols is 1. The molecule has 2 aliphatic rings. The molecule has 1 N–H and O–H groups in total. The van der Waals surface area contributed by atoms with E-state index in [1.54, 1.807) is 6.07 Å². The zero-order valence-corrected chi connectivity index (χ0v) is 15.7. The van der Waals surface area contributed by atoms with Gasteiger partial charge in [0.1, 0.15) is 5.75 Å². The molecular weight excluding hydrogens is 369 g/mol. The predicted octanol–water partition coefficient (Wildman–Crippen LogP) is 3.79. The second-order valence-electron chi connectivity index (χ2n) is 7.50. The SMILES string of the molecule is CCN1CC[C@H]2CCN(c3ccc(-c4ccc(C(F)(F)F)cc4O)nn3)[C@H]2C1. The molecule has 1 aromatic heterocycles. The van der Waals surface area contributed by atoms with Gasteiger partial charge in [0, 0.05) is 24.7 Å². The maximum Gasteiger partial charge on any atom is 0.416 e. The van der Waals surface area contributed by atoms with Gasteiger partial charge in [-0.1, -0.05) is 6.92 Å². The average Bonchev–Trinajstić information content (AvgIpc) is 3.10. The molecule has 2 atom stereocenters. The Morgan fingerprint density at radius 1 is 1.11 bits per heavy atom. The number of fused-ring (bicyclic) bond motifs is 1. The van der Waals surface area contributed by atoms with Crippen molar-refractivity contribution >= 4 is 5.82 Å². The van der Waals surface area contributed by atoms with Crippen LogP contribution in [-0.4, -0.2) is 52.4 Å². The Morgan fingerprint density at radius 3 is 2.54 bits per heavy atom. The maximum absolute atomic E-state index is 12.8. The standard InChI is InChI=1S/C20H23F3N4O/c1-2-26-9-7-13-8-10-27(17(13)12-26)19-6-5-16(24-25-19)15-4-3-14(11-18(15)28)20(21,22)23/h3-6,11,13,17,28H,2,7-10,12H2,1H3/t13-,17-/m0/s1. The fourth-order valence-corrected chi connectivity index (χ4v) is 4.32. The molecule has 5 nitrogen and oxygen atoms in total. The van der Waals surface area contributed by atoms with E-state index >= 15 is 0 Å². The number of halogens is 3. The van der Waals surface area contributed by atoms with Crippen molar-refractivity contribution in [3.05, 3.63) is 35.9 Å². The molecule has 150 valence electrons. The molecule has 2 aliphatic heterocycles. The molecule has 3 heterocycles. The molecule has 0 amide bonds. The Hall–Kier alpha value is -2.35. The molecule has 2 fully saturated rings. The van der Waals surface area contributed by atoms with Gasteiger partial charge in [-0.15, -0.1) is 10.2 Å². The molecule has 8 heteroatoms. The van der Waals surface area contributed by atoms with E-state index in [1.807, 2.05) is 6.07 Å². The highest BCUT2D eigenvalue weighted by molar-refractivity contribution is 5.67. The van der Waals surface area contributed by atoms with Gasteiger partial charge >= 0.3 is 6.18 Å².